The Labute approximate surface area is 287 Å². The largest absolute Gasteiger partial charge is 0.481 e. The van der Waals surface area contributed by atoms with Gasteiger partial charge in [-0.25, -0.2) is 4.79 Å². The molecule has 1 aliphatic rings. The lowest BCUT2D eigenvalue weighted by Crippen LogP contribution is -2.59. The van der Waals surface area contributed by atoms with Crippen LogP contribution in [0.25, 0.3) is 10.9 Å². The number of nitrogens with one attached hydrogen (secondary N) is 6. The molecule has 1 fully saturated rings. The molecule has 1 aliphatic heterocycles. The van der Waals surface area contributed by atoms with Crippen molar-refractivity contribution in [1.82, 2.24) is 31.6 Å². The Morgan fingerprint density at radius 2 is 1.47 bits per heavy atom. The van der Waals surface area contributed by atoms with E-state index in [0.717, 1.165) is 22.9 Å². The van der Waals surface area contributed by atoms with E-state index in [0.29, 0.717) is 24.3 Å². The highest BCUT2D eigenvalue weighted by Crippen LogP contribution is 2.20. The van der Waals surface area contributed by atoms with Crippen LogP contribution in [-0.2, 0) is 41.6 Å². The molecule has 14 nitrogen and oxygen atoms in total. The number of para-hydroxylation sites is 1. The number of amides is 4. The van der Waals surface area contributed by atoms with Gasteiger partial charge in [-0.2, -0.15) is 11.8 Å². The maximum absolute atomic E-state index is 13.8. The summed E-state index contributed by atoms with van der Waals surface area (Å²) in [6, 6.07) is 10.4. The van der Waals surface area contributed by atoms with Gasteiger partial charge in [-0.05, 0) is 55.0 Å². The predicted molar refractivity (Wildman–Crippen MR) is 184 cm³/mol. The third-order valence-electron chi connectivity index (χ3n) is 8.26. The molecule has 0 aliphatic carbocycles. The van der Waals surface area contributed by atoms with E-state index in [2.05, 4.69) is 31.6 Å². The van der Waals surface area contributed by atoms with Crippen LogP contribution in [0.15, 0.2) is 60.8 Å². The van der Waals surface area contributed by atoms with Crippen LogP contribution in [0.3, 0.4) is 0 Å². The smallest absolute Gasteiger partial charge is 0.326 e. The second-order valence-electron chi connectivity index (χ2n) is 11.9. The summed E-state index contributed by atoms with van der Waals surface area (Å²) in [6.07, 6.45) is 4.36. The fraction of sp³-hybridized carbons (Fsp3) is 0.412. The average Bonchev–Trinajstić information content (AvgIpc) is 3.77. The van der Waals surface area contributed by atoms with Crippen molar-refractivity contribution >= 4 is 58.2 Å². The lowest BCUT2D eigenvalue weighted by atomic mass is 10.0. The standard InChI is InChI=1S/C34H42N6O8S/c1-49-15-13-25(31(44)39-27(18-29(41)42)33(46)40-28(34(47)48)16-20-8-3-2-4-9-20)37-32(45)26(38-30(43)24-12-7-14-35-24)17-21-19-36-23-11-6-5-10-22(21)23/h2-6,8-11,19,24-28,35-36H,7,12-18H2,1H3,(H,37,45)(H,38,43)(H,39,44)(H,40,46)(H,41,42)(H,47,48)/t24-,25-,26-,27-,28-/m0/s1. The summed E-state index contributed by atoms with van der Waals surface area (Å²) in [5, 5.41) is 33.6. The maximum atomic E-state index is 13.8. The van der Waals surface area contributed by atoms with Gasteiger partial charge in [0.1, 0.15) is 24.2 Å². The molecule has 5 atom stereocenters. The number of rotatable bonds is 18. The Hall–Kier alpha value is -4.89. The summed E-state index contributed by atoms with van der Waals surface area (Å²) in [5.41, 5.74) is 2.27. The minimum absolute atomic E-state index is 0.0675. The normalized spacial score (nSPS) is 16.6. The van der Waals surface area contributed by atoms with Crippen LogP contribution in [0, 0.1) is 0 Å². The number of benzene rings is 2. The zero-order valence-corrected chi connectivity index (χ0v) is 27.9. The van der Waals surface area contributed by atoms with Crippen LogP contribution < -0.4 is 26.6 Å². The fourth-order valence-electron chi connectivity index (χ4n) is 5.67. The van der Waals surface area contributed by atoms with Crippen molar-refractivity contribution < 1.29 is 39.0 Å². The molecular weight excluding hydrogens is 652 g/mol. The molecule has 4 amide bonds. The predicted octanol–water partition coefficient (Wildman–Crippen LogP) is 0.957. The van der Waals surface area contributed by atoms with Crippen LogP contribution in [0.4, 0.5) is 0 Å². The summed E-state index contributed by atoms with van der Waals surface area (Å²) in [6.45, 7) is 0.679. The van der Waals surface area contributed by atoms with E-state index in [-0.39, 0.29) is 25.2 Å². The lowest BCUT2D eigenvalue weighted by molar-refractivity contribution is -0.143. The Morgan fingerprint density at radius 1 is 0.816 bits per heavy atom. The highest BCUT2D eigenvalue weighted by Gasteiger charge is 2.33. The highest BCUT2D eigenvalue weighted by atomic mass is 32.2. The third kappa shape index (κ3) is 10.8. The molecule has 3 aromatic rings. The number of H-pyrrole nitrogens is 1. The minimum atomic E-state index is -1.63. The Balaban J connectivity index is 1.51. The molecule has 262 valence electrons. The SMILES string of the molecule is CSCC[C@H](NC(=O)[C@H](Cc1c[nH]c2ccccc12)NC(=O)[C@@H]1CCCN1)C(=O)N[C@@H](CC(=O)O)C(=O)N[C@@H](Cc1ccccc1)C(=O)O. The van der Waals surface area contributed by atoms with E-state index in [1.54, 1.807) is 36.5 Å². The molecular formula is C34H42N6O8S. The summed E-state index contributed by atoms with van der Waals surface area (Å²) in [4.78, 5) is 80.6. The van der Waals surface area contributed by atoms with Crippen LogP contribution in [-0.4, -0.2) is 99.5 Å². The molecule has 15 heteroatoms. The lowest BCUT2D eigenvalue weighted by Gasteiger charge is -2.26. The van der Waals surface area contributed by atoms with E-state index in [1.165, 1.54) is 11.8 Å². The summed E-state index contributed by atoms with van der Waals surface area (Å²) in [5.74, 6) is -5.11. The Kier molecular flexibility index (Phi) is 13.6. The number of aromatic nitrogens is 1. The number of carbonyl (C=O) groups is 6. The van der Waals surface area contributed by atoms with Crippen LogP contribution >= 0.6 is 11.8 Å². The first-order valence-corrected chi connectivity index (χ1v) is 17.4. The Morgan fingerprint density at radius 3 is 2.14 bits per heavy atom. The quantitative estimate of drug-likeness (QED) is 0.0943. The molecule has 4 rings (SSSR count). The van der Waals surface area contributed by atoms with Gasteiger partial charge in [-0.15, -0.1) is 0 Å². The van der Waals surface area contributed by atoms with Crippen LogP contribution in [0.1, 0.15) is 36.8 Å². The van der Waals surface area contributed by atoms with E-state index in [1.807, 2.05) is 30.5 Å². The van der Waals surface area contributed by atoms with Gasteiger partial charge in [0.15, 0.2) is 0 Å². The zero-order chi connectivity index (χ0) is 35.3. The fourth-order valence-corrected chi connectivity index (χ4v) is 6.14. The van der Waals surface area contributed by atoms with Crippen molar-refractivity contribution in [2.75, 3.05) is 18.6 Å². The van der Waals surface area contributed by atoms with E-state index < -0.39 is 66.3 Å². The van der Waals surface area contributed by atoms with Gasteiger partial charge in [0, 0.05) is 29.9 Å². The monoisotopic (exact) mass is 694 g/mol. The summed E-state index contributed by atoms with van der Waals surface area (Å²) >= 11 is 1.41. The first-order valence-electron chi connectivity index (χ1n) is 16.0. The second kappa shape index (κ2) is 18.0. The van der Waals surface area contributed by atoms with E-state index in [4.69, 9.17) is 0 Å². The first kappa shape index (κ1) is 36.9. The number of carboxylic acid groups (broad SMARTS) is 2. The average molecular weight is 695 g/mol. The maximum Gasteiger partial charge on any atom is 0.326 e. The first-order chi connectivity index (χ1) is 23.5. The molecule has 0 radical (unpaired) electrons. The molecule has 2 aromatic carbocycles. The summed E-state index contributed by atoms with van der Waals surface area (Å²) in [7, 11) is 0. The number of hydrogen-bond donors (Lipinski definition) is 8. The highest BCUT2D eigenvalue weighted by molar-refractivity contribution is 7.98. The number of carbonyl (C=O) groups excluding carboxylic acids is 4. The number of hydrogen-bond acceptors (Lipinski definition) is 8. The van der Waals surface area contributed by atoms with Gasteiger partial charge in [0.2, 0.25) is 23.6 Å². The minimum Gasteiger partial charge on any atom is -0.481 e. The topological polar surface area (TPSA) is 219 Å². The molecule has 8 N–H and O–H groups in total. The second-order valence-corrected chi connectivity index (χ2v) is 12.9. The number of aliphatic carboxylic acids is 2. The van der Waals surface area contributed by atoms with Gasteiger partial charge in [-0.1, -0.05) is 48.5 Å². The molecule has 49 heavy (non-hydrogen) atoms. The van der Waals surface area contributed by atoms with Crippen molar-refractivity contribution in [1.29, 1.82) is 0 Å². The van der Waals surface area contributed by atoms with Crippen LogP contribution in [0.2, 0.25) is 0 Å². The number of carboxylic acids is 2. The molecule has 1 aromatic heterocycles. The molecule has 0 saturated carbocycles. The van der Waals surface area contributed by atoms with Crippen LogP contribution in [0.5, 0.6) is 0 Å². The van der Waals surface area contributed by atoms with Crippen molar-refractivity contribution in [2.24, 2.45) is 0 Å². The molecule has 1 saturated heterocycles. The number of thioether (sulfide) groups is 1. The number of fused-ring (bicyclic) bond motifs is 1. The van der Waals surface area contributed by atoms with Gasteiger partial charge < -0.3 is 41.8 Å². The Bertz CT molecular complexity index is 1630. The van der Waals surface area contributed by atoms with E-state index >= 15 is 0 Å². The molecule has 0 spiro atoms. The van der Waals surface area contributed by atoms with Gasteiger partial charge in [0.05, 0.1) is 12.5 Å². The van der Waals surface area contributed by atoms with Gasteiger partial charge in [-0.3, -0.25) is 24.0 Å². The molecule has 2 heterocycles. The van der Waals surface area contributed by atoms with Gasteiger partial charge >= 0.3 is 11.9 Å². The number of aromatic amines is 1. The van der Waals surface area contributed by atoms with Gasteiger partial charge in [0.25, 0.3) is 0 Å². The van der Waals surface area contributed by atoms with E-state index in [9.17, 15) is 39.0 Å². The van der Waals surface area contributed by atoms with Crippen molar-refractivity contribution in [3.63, 3.8) is 0 Å². The molecule has 0 unspecified atom stereocenters. The third-order valence-corrected chi connectivity index (χ3v) is 8.91. The van der Waals surface area contributed by atoms with Crippen molar-refractivity contribution in [2.45, 2.75) is 68.7 Å². The van der Waals surface area contributed by atoms with Crippen molar-refractivity contribution in [3.05, 3.63) is 71.9 Å². The van der Waals surface area contributed by atoms with Crippen molar-refractivity contribution in [3.8, 4) is 0 Å². The molecule has 0 bridgehead atoms. The zero-order valence-electron chi connectivity index (χ0n) is 27.1. The summed E-state index contributed by atoms with van der Waals surface area (Å²) < 4.78 is 0.